The van der Waals surface area contributed by atoms with Gasteiger partial charge in [-0.05, 0) is 46.2 Å². The van der Waals surface area contributed by atoms with Gasteiger partial charge in [0.15, 0.2) is 0 Å². The predicted molar refractivity (Wildman–Crippen MR) is 73.5 cm³/mol. The SMILES string of the molecule is CCCNC1CCN(C2CCN(C)C(C)C2)C1=O. The number of nitrogens with one attached hydrogen (secondary N) is 1. The molecule has 104 valence electrons. The highest BCUT2D eigenvalue weighted by Crippen LogP contribution is 2.24. The summed E-state index contributed by atoms with van der Waals surface area (Å²) in [7, 11) is 2.18. The summed E-state index contributed by atoms with van der Waals surface area (Å²) >= 11 is 0. The lowest BCUT2D eigenvalue weighted by Gasteiger charge is -2.39. The number of likely N-dealkylation sites (tertiary alicyclic amines) is 2. The van der Waals surface area contributed by atoms with Crippen LogP contribution >= 0.6 is 0 Å². The van der Waals surface area contributed by atoms with Crippen molar-refractivity contribution in [2.45, 2.75) is 57.7 Å². The van der Waals surface area contributed by atoms with Crippen LogP contribution in [0.1, 0.15) is 39.5 Å². The van der Waals surface area contributed by atoms with E-state index in [0.717, 1.165) is 45.3 Å². The third kappa shape index (κ3) is 2.86. The summed E-state index contributed by atoms with van der Waals surface area (Å²) in [6, 6.07) is 1.15. The fourth-order valence-corrected chi connectivity index (χ4v) is 3.12. The topological polar surface area (TPSA) is 35.6 Å². The predicted octanol–water partition coefficient (Wildman–Crippen LogP) is 1.07. The van der Waals surface area contributed by atoms with Gasteiger partial charge in [-0.3, -0.25) is 4.79 Å². The van der Waals surface area contributed by atoms with Crippen LogP contribution in [-0.4, -0.2) is 60.5 Å². The first kappa shape index (κ1) is 13.8. The molecule has 2 aliphatic rings. The Morgan fingerprint density at radius 1 is 1.33 bits per heavy atom. The van der Waals surface area contributed by atoms with E-state index in [1.165, 1.54) is 0 Å². The van der Waals surface area contributed by atoms with Crippen LogP contribution in [0.5, 0.6) is 0 Å². The average molecular weight is 253 g/mol. The zero-order valence-corrected chi connectivity index (χ0v) is 12.0. The van der Waals surface area contributed by atoms with E-state index in [4.69, 9.17) is 0 Å². The molecule has 2 fully saturated rings. The van der Waals surface area contributed by atoms with Gasteiger partial charge in [-0.15, -0.1) is 0 Å². The second-order valence-corrected chi connectivity index (χ2v) is 5.83. The fraction of sp³-hybridized carbons (Fsp3) is 0.929. The van der Waals surface area contributed by atoms with Crippen LogP contribution in [0, 0.1) is 0 Å². The van der Waals surface area contributed by atoms with E-state index >= 15 is 0 Å². The molecular formula is C14H27N3O. The van der Waals surface area contributed by atoms with Crippen molar-refractivity contribution in [1.82, 2.24) is 15.1 Å². The Bertz CT molecular complexity index is 295. The van der Waals surface area contributed by atoms with Crippen molar-refractivity contribution >= 4 is 5.91 Å². The maximum atomic E-state index is 12.3. The van der Waals surface area contributed by atoms with E-state index in [0.29, 0.717) is 18.0 Å². The molecule has 2 saturated heterocycles. The quantitative estimate of drug-likeness (QED) is 0.814. The highest BCUT2D eigenvalue weighted by molar-refractivity contribution is 5.84. The minimum Gasteiger partial charge on any atom is -0.338 e. The third-order valence-electron chi connectivity index (χ3n) is 4.50. The normalized spacial score (nSPS) is 34.3. The zero-order valence-electron chi connectivity index (χ0n) is 12.0. The Balaban J connectivity index is 1.89. The molecule has 0 aliphatic carbocycles. The minimum atomic E-state index is 0.0833. The molecule has 2 rings (SSSR count). The van der Waals surface area contributed by atoms with Gasteiger partial charge in [0.1, 0.15) is 0 Å². The van der Waals surface area contributed by atoms with Crippen molar-refractivity contribution in [1.29, 1.82) is 0 Å². The maximum Gasteiger partial charge on any atom is 0.240 e. The number of hydrogen-bond donors (Lipinski definition) is 1. The Morgan fingerprint density at radius 2 is 2.11 bits per heavy atom. The van der Waals surface area contributed by atoms with Gasteiger partial charge in [-0.1, -0.05) is 6.92 Å². The van der Waals surface area contributed by atoms with Crippen LogP contribution in [0.2, 0.25) is 0 Å². The van der Waals surface area contributed by atoms with Crippen molar-refractivity contribution in [3.8, 4) is 0 Å². The van der Waals surface area contributed by atoms with Crippen LogP contribution in [-0.2, 0) is 4.79 Å². The summed E-state index contributed by atoms with van der Waals surface area (Å²) < 4.78 is 0. The van der Waals surface area contributed by atoms with Crippen molar-refractivity contribution in [2.75, 3.05) is 26.7 Å². The highest BCUT2D eigenvalue weighted by atomic mass is 16.2. The Kier molecular flexibility index (Phi) is 4.62. The Labute approximate surface area is 111 Å². The maximum absolute atomic E-state index is 12.3. The van der Waals surface area contributed by atoms with Crippen molar-refractivity contribution in [3.63, 3.8) is 0 Å². The van der Waals surface area contributed by atoms with E-state index in [1.807, 2.05) is 0 Å². The summed E-state index contributed by atoms with van der Waals surface area (Å²) in [6.07, 6.45) is 4.34. The van der Waals surface area contributed by atoms with Gasteiger partial charge >= 0.3 is 0 Å². The standard InChI is InChI=1S/C14H27N3O/c1-4-7-15-13-6-9-17(14(13)18)12-5-8-16(3)11(2)10-12/h11-13,15H,4-10H2,1-3H3. The summed E-state index contributed by atoms with van der Waals surface area (Å²) in [5, 5.41) is 3.37. The molecule has 0 saturated carbocycles. The molecule has 0 spiro atoms. The lowest BCUT2D eigenvalue weighted by molar-refractivity contribution is -0.132. The van der Waals surface area contributed by atoms with Gasteiger partial charge in [-0.25, -0.2) is 0 Å². The molecule has 18 heavy (non-hydrogen) atoms. The van der Waals surface area contributed by atoms with Gasteiger partial charge < -0.3 is 15.1 Å². The molecule has 0 aromatic rings. The molecule has 2 aliphatic heterocycles. The lowest BCUT2D eigenvalue weighted by Crippen LogP contribution is -2.49. The Hall–Kier alpha value is -0.610. The average Bonchev–Trinajstić information content (AvgIpc) is 2.72. The largest absolute Gasteiger partial charge is 0.338 e. The molecule has 4 nitrogen and oxygen atoms in total. The van der Waals surface area contributed by atoms with Gasteiger partial charge in [-0.2, -0.15) is 0 Å². The number of hydrogen-bond acceptors (Lipinski definition) is 3. The molecule has 2 heterocycles. The van der Waals surface area contributed by atoms with E-state index in [2.05, 4.69) is 36.0 Å². The number of amides is 1. The zero-order chi connectivity index (χ0) is 13.1. The van der Waals surface area contributed by atoms with Crippen molar-refractivity contribution < 1.29 is 4.79 Å². The summed E-state index contributed by atoms with van der Waals surface area (Å²) in [5.41, 5.74) is 0. The number of nitrogens with zero attached hydrogens (tertiary/aromatic N) is 2. The highest BCUT2D eigenvalue weighted by Gasteiger charge is 2.37. The first-order valence-electron chi connectivity index (χ1n) is 7.37. The first-order chi connectivity index (χ1) is 8.63. The first-order valence-corrected chi connectivity index (χ1v) is 7.37. The minimum absolute atomic E-state index is 0.0833. The van der Waals surface area contributed by atoms with Gasteiger partial charge in [0, 0.05) is 25.2 Å². The molecule has 0 bridgehead atoms. The fourth-order valence-electron chi connectivity index (χ4n) is 3.12. The smallest absolute Gasteiger partial charge is 0.240 e. The van der Waals surface area contributed by atoms with E-state index < -0.39 is 0 Å². The molecule has 3 atom stereocenters. The summed E-state index contributed by atoms with van der Waals surface area (Å²) in [6.45, 7) is 7.42. The van der Waals surface area contributed by atoms with Crippen LogP contribution in [0.15, 0.2) is 0 Å². The molecule has 0 radical (unpaired) electrons. The van der Waals surface area contributed by atoms with Crippen molar-refractivity contribution in [2.24, 2.45) is 0 Å². The van der Waals surface area contributed by atoms with Crippen LogP contribution in [0.3, 0.4) is 0 Å². The van der Waals surface area contributed by atoms with Crippen LogP contribution in [0.25, 0.3) is 0 Å². The molecule has 0 aromatic heterocycles. The van der Waals surface area contributed by atoms with Crippen molar-refractivity contribution in [3.05, 3.63) is 0 Å². The second-order valence-electron chi connectivity index (χ2n) is 5.83. The van der Waals surface area contributed by atoms with E-state index in [9.17, 15) is 4.79 Å². The number of carbonyl (C=O) groups excluding carboxylic acids is 1. The lowest BCUT2D eigenvalue weighted by atomic mass is 9.98. The number of rotatable bonds is 4. The van der Waals surface area contributed by atoms with Gasteiger partial charge in [0.2, 0.25) is 5.91 Å². The third-order valence-corrected chi connectivity index (χ3v) is 4.50. The summed E-state index contributed by atoms with van der Waals surface area (Å²) in [5.74, 6) is 0.338. The molecule has 1 N–H and O–H groups in total. The Morgan fingerprint density at radius 3 is 2.78 bits per heavy atom. The van der Waals surface area contributed by atoms with Gasteiger partial charge in [0.25, 0.3) is 0 Å². The molecular weight excluding hydrogens is 226 g/mol. The molecule has 4 heteroatoms. The van der Waals surface area contributed by atoms with Gasteiger partial charge in [0.05, 0.1) is 6.04 Å². The summed E-state index contributed by atoms with van der Waals surface area (Å²) in [4.78, 5) is 16.9. The number of carbonyl (C=O) groups is 1. The second kappa shape index (κ2) is 6.02. The van der Waals surface area contributed by atoms with Crippen LogP contribution < -0.4 is 5.32 Å². The van der Waals surface area contributed by atoms with E-state index in [1.54, 1.807) is 0 Å². The monoisotopic (exact) mass is 253 g/mol. The molecule has 0 aromatic carbocycles. The molecule has 3 unspecified atom stereocenters. The molecule has 1 amide bonds. The van der Waals surface area contributed by atoms with Crippen LogP contribution in [0.4, 0.5) is 0 Å². The van der Waals surface area contributed by atoms with E-state index in [-0.39, 0.29) is 6.04 Å². The number of piperidine rings is 1.